The van der Waals surface area contributed by atoms with E-state index < -0.39 is 0 Å². The van der Waals surface area contributed by atoms with Gasteiger partial charge in [-0.3, -0.25) is 0 Å². The van der Waals surface area contributed by atoms with Crippen molar-refractivity contribution < 1.29 is 5.11 Å². The van der Waals surface area contributed by atoms with Crippen molar-refractivity contribution in [2.45, 2.75) is 118 Å². The van der Waals surface area contributed by atoms with E-state index in [1.807, 2.05) is 0 Å². The second-order valence-electron chi connectivity index (χ2n) is 12.7. The molecule has 0 unspecified atom stereocenters. The summed E-state index contributed by atoms with van der Waals surface area (Å²) >= 11 is 0. The van der Waals surface area contributed by atoms with Crippen LogP contribution in [0.25, 0.3) is 0 Å². The third-order valence-electron chi connectivity index (χ3n) is 10.9. The molecule has 4 aliphatic rings. The van der Waals surface area contributed by atoms with Crippen molar-refractivity contribution in [3.63, 3.8) is 0 Å². The summed E-state index contributed by atoms with van der Waals surface area (Å²) < 4.78 is 0. The first-order chi connectivity index (χ1) is 14.7. The molecule has 176 valence electrons. The highest BCUT2D eigenvalue weighted by atomic mass is 16.3. The molecule has 0 radical (unpaired) electrons. The molecule has 4 aliphatic carbocycles. The molecule has 3 fully saturated rings. The molecule has 0 aliphatic heterocycles. The SMILES string of the molecule is CCC=C(CC[C@@H](C)[C@H]1CC[C@H]2[C@@H]3CC=C4C[C@@H](O)CC[C@]4(C)[C@H]3CC[C@]12C)C(C)C. The normalized spacial score (nSPS) is 43.8. The van der Waals surface area contributed by atoms with Gasteiger partial charge in [0.1, 0.15) is 0 Å². The molecule has 0 aromatic heterocycles. The second-order valence-corrected chi connectivity index (χ2v) is 12.7. The van der Waals surface area contributed by atoms with Crippen LogP contribution in [0.5, 0.6) is 0 Å². The summed E-state index contributed by atoms with van der Waals surface area (Å²) in [5.74, 6) is 5.15. The van der Waals surface area contributed by atoms with Crippen molar-refractivity contribution in [2.75, 3.05) is 0 Å². The Labute approximate surface area is 193 Å². The lowest BCUT2D eigenvalue weighted by molar-refractivity contribution is -0.0571. The Morgan fingerprint density at radius 1 is 1.10 bits per heavy atom. The molecular weight excluding hydrogens is 376 g/mol. The molecule has 31 heavy (non-hydrogen) atoms. The standard InChI is InChI=1S/C30H50O/c1-7-8-22(20(2)3)10-9-21(4)26-13-14-27-25-12-11-23-19-24(31)15-17-29(23,5)28(25)16-18-30(26,27)6/h8,11,20-21,24-28,31H,7,9-10,12-19H2,1-6H3/t21-,24+,25+,26-,27+,28+,29+,30-/m1/s1. The minimum Gasteiger partial charge on any atom is -0.393 e. The van der Waals surface area contributed by atoms with Crippen LogP contribution < -0.4 is 0 Å². The van der Waals surface area contributed by atoms with Gasteiger partial charge in [-0.2, -0.15) is 0 Å². The summed E-state index contributed by atoms with van der Waals surface area (Å²) in [6.07, 6.45) is 19.2. The zero-order valence-electron chi connectivity index (χ0n) is 21.4. The number of aliphatic hydroxyl groups excluding tert-OH is 1. The van der Waals surface area contributed by atoms with Crippen molar-refractivity contribution in [3.05, 3.63) is 23.3 Å². The predicted octanol–water partition coefficient (Wildman–Crippen LogP) is 8.34. The van der Waals surface area contributed by atoms with Gasteiger partial charge in [0.2, 0.25) is 0 Å². The number of rotatable bonds is 6. The maximum absolute atomic E-state index is 10.3. The fourth-order valence-electron chi connectivity index (χ4n) is 9.10. The first kappa shape index (κ1) is 23.6. The highest BCUT2D eigenvalue weighted by Gasteiger charge is 2.59. The lowest BCUT2D eigenvalue weighted by Gasteiger charge is -2.58. The number of fused-ring (bicyclic) bond motifs is 5. The zero-order valence-corrected chi connectivity index (χ0v) is 21.4. The zero-order chi connectivity index (χ0) is 22.4. The molecule has 0 bridgehead atoms. The van der Waals surface area contributed by atoms with Gasteiger partial charge in [-0.25, -0.2) is 0 Å². The van der Waals surface area contributed by atoms with E-state index in [4.69, 9.17) is 0 Å². The highest BCUT2D eigenvalue weighted by Crippen LogP contribution is 2.67. The topological polar surface area (TPSA) is 20.2 Å². The molecule has 4 rings (SSSR count). The summed E-state index contributed by atoms with van der Waals surface area (Å²) in [4.78, 5) is 0. The summed E-state index contributed by atoms with van der Waals surface area (Å²) in [7, 11) is 0. The van der Waals surface area contributed by atoms with Gasteiger partial charge in [-0.05, 0) is 117 Å². The molecule has 3 saturated carbocycles. The smallest absolute Gasteiger partial charge is 0.0577 e. The van der Waals surface area contributed by atoms with Gasteiger partial charge in [0, 0.05) is 0 Å². The molecule has 8 atom stereocenters. The van der Waals surface area contributed by atoms with Crippen molar-refractivity contribution in [1.29, 1.82) is 0 Å². The van der Waals surface area contributed by atoms with E-state index in [1.165, 1.54) is 57.8 Å². The molecular formula is C30H50O. The summed E-state index contributed by atoms with van der Waals surface area (Å²) in [6.45, 7) is 14.9. The van der Waals surface area contributed by atoms with Gasteiger partial charge in [-0.15, -0.1) is 0 Å². The molecule has 0 aromatic rings. The second kappa shape index (κ2) is 9.00. The average Bonchev–Trinajstić information content (AvgIpc) is 3.08. The third-order valence-corrected chi connectivity index (χ3v) is 10.9. The monoisotopic (exact) mass is 426 g/mol. The molecule has 0 amide bonds. The van der Waals surface area contributed by atoms with Crippen LogP contribution in [0.2, 0.25) is 0 Å². The Bertz CT molecular complexity index is 701. The Morgan fingerprint density at radius 2 is 1.87 bits per heavy atom. The Morgan fingerprint density at radius 3 is 2.58 bits per heavy atom. The molecule has 0 spiro atoms. The maximum Gasteiger partial charge on any atom is 0.0577 e. The summed E-state index contributed by atoms with van der Waals surface area (Å²) in [6, 6.07) is 0. The maximum atomic E-state index is 10.3. The molecule has 0 heterocycles. The lowest BCUT2D eigenvalue weighted by atomic mass is 9.47. The van der Waals surface area contributed by atoms with Gasteiger partial charge in [0.05, 0.1) is 6.10 Å². The number of aliphatic hydroxyl groups is 1. The third kappa shape index (κ3) is 4.11. The average molecular weight is 427 g/mol. The van der Waals surface area contributed by atoms with Crippen LogP contribution in [0, 0.1) is 46.3 Å². The van der Waals surface area contributed by atoms with Gasteiger partial charge in [-0.1, -0.05) is 64.8 Å². The first-order valence-corrected chi connectivity index (χ1v) is 13.8. The Hall–Kier alpha value is -0.560. The highest BCUT2D eigenvalue weighted by molar-refractivity contribution is 5.25. The fraction of sp³-hybridized carbons (Fsp3) is 0.867. The number of allylic oxidation sites excluding steroid dienone is 3. The molecule has 0 saturated heterocycles. The van der Waals surface area contributed by atoms with Gasteiger partial charge < -0.3 is 5.11 Å². The van der Waals surface area contributed by atoms with Crippen LogP contribution in [-0.2, 0) is 0 Å². The summed E-state index contributed by atoms with van der Waals surface area (Å²) in [5, 5.41) is 10.3. The predicted molar refractivity (Wildman–Crippen MR) is 133 cm³/mol. The molecule has 1 nitrogen and oxygen atoms in total. The van der Waals surface area contributed by atoms with Crippen LogP contribution >= 0.6 is 0 Å². The van der Waals surface area contributed by atoms with E-state index in [0.29, 0.717) is 16.7 Å². The van der Waals surface area contributed by atoms with E-state index in [0.717, 1.165) is 42.4 Å². The van der Waals surface area contributed by atoms with Crippen molar-refractivity contribution >= 4 is 0 Å². The minimum absolute atomic E-state index is 0.0843. The van der Waals surface area contributed by atoms with Crippen LogP contribution in [0.15, 0.2) is 23.3 Å². The first-order valence-electron chi connectivity index (χ1n) is 13.8. The van der Waals surface area contributed by atoms with Crippen LogP contribution in [0.3, 0.4) is 0 Å². The lowest BCUT2D eigenvalue weighted by Crippen LogP contribution is -2.50. The van der Waals surface area contributed by atoms with E-state index >= 15 is 0 Å². The van der Waals surface area contributed by atoms with Crippen LogP contribution in [-0.4, -0.2) is 11.2 Å². The van der Waals surface area contributed by atoms with E-state index in [2.05, 4.69) is 53.7 Å². The van der Waals surface area contributed by atoms with Crippen LogP contribution in [0.4, 0.5) is 0 Å². The summed E-state index contributed by atoms with van der Waals surface area (Å²) in [5.41, 5.74) is 4.24. The van der Waals surface area contributed by atoms with Crippen molar-refractivity contribution in [2.24, 2.45) is 46.3 Å². The minimum atomic E-state index is -0.0843. The van der Waals surface area contributed by atoms with E-state index in [9.17, 15) is 5.11 Å². The fourth-order valence-corrected chi connectivity index (χ4v) is 9.10. The number of hydrogen-bond acceptors (Lipinski definition) is 1. The molecule has 1 N–H and O–H groups in total. The van der Waals surface area contributed by atoms with Gasteiger partial charge in [0.15, 0.2) is 0 Å². The largest absolute Gasteiger partial charge is 0.393 e. The van der Waals surface area contributed by atoms with Crippen molar-refractivity contribution in [1.82, 2.24) is 0 Å². The van der Waals surface area contributed by atoms with Crippen LogP contribution in [0.1, 0.15) is 112 Å². The van der Waals surface area contributed by atoms with E-state index in [1.54, 1.807) is 11.1 Å². The Kier molecular flexibility index (Phi) is 6.85. The molecule has 1 heteroatoms. The van der Waals surface area contributed by atoms with Gasteiger partial charge in [0.25, 0.3) is 0 Å². The van der Waals surface area contributed by atoms with E-state index in [-0.39, 0.29) is 6.10 Å². The van der Waals surface area contributed by atoms with Gasteiger partial charge >= 0.3 is 0 Å². The quantitative estimate of drug-likeness (QED) is 0.423. The Balaban J connectivity index is 1.47. The number of hydrogen-bond donors (Lipinski definition) is 1. The van der Waals surface area contributed by atoms with Crippen molar-refractivity contribution in [3.8, 4) is 0 Å². The molecule has 0 aromatic carbocycles.